The molecule has 0 bridgehead atoms. The third kappa shape index (κ3) is 4.08. The minimum Gasteiger partial charge on any atom is -0.322 e. The molecule has 3 N–H and O–H groups in total. The molecule has 1 aliphatic rings. The van der Waals surface area contributed by atoms with E-state index in [1.165, 1.54) is 6.20 Å². The van der Waals surface area contributed by atoms with Crippen molar-refractivity contribution in [3.63, 3.8) is 0 Å². The number of fused-ring (bicyclic) bond motifs is 1. The number of aromatic nitrogens is 3. The number of aryl methyl sites for hydroxylation is 1. The van der Waals surface area contributed by atoms with Crippen LogP contribution in [0.15, 0.2) is 30.5 Å². The van der Waals surface area contributed by atoms with Gasteiger partial charge in [-0.15, -0.1) is 0 Å². The molecule has 10 heteroatoms. The summed E-state index contributed by atoms with van der Waals surface area (Å²) in [5, 5.41) is 8.88. The van der Waals surface area contributed by atoms with Gasteiger partial charge in [0, 0.05) is 28.4 Å². The predicted octanol–water partition coefficient (Wildman–Crippen LogP) is 5.38. The lowest BCUT2D eigenvalue weighted by molar-refractivity contribution is 0.102. The Morgan fingerprint density at radius 3 is 2.52 bits per heavy atom. The Morgan fingerprint density at radius 1 is 1.21 bits per heavy atom. The maximum atomic E-state index is 12.7. The third-order valence-electron chi connectivity index (χ3n) is 5.08. The fraction of sp³-hybridized carbons (Fsp3) is 0.316. The molecule has 0 aliphatic carbocycles. The average molecular weight is 455 g/mol. The molecule has 3 heterocycles. The predicted molar refractivity (Wildman–Crippen MR) is 118 cm³/mol. The number of carbonyl (C=O) groups is 1. The first-order chi connectivity index (χ1) is 13.7. The number of hydrogen-bond donors (Lipinski definition) is 3. The summed E-state index contributed by atoms with van der Waals surface area (Å²) in [5.74, 6) is 0.339. The summed E-state index contributed by atoms with van der Waals surface area (Å²) in [6.45, 7) is 1.82. The van der Waals surface area contributed by atoms with Crippen LogP contribution in [0.3, 0.4) is 0 Å². The molecule has 1 fully saturated rings. The number of rotatable bonds is 3. The van der Waals surface area contributed by atoms with Gasteiger partial charge >= 0.3 is 0 Å². The van der Waals surface area contributed by atoms with E-state index in [2.05, 4.69) is 15.4 Å². The Kier molecular flexibility index (Phi) is 5.48. The maximum absolute atomic E-state index is 12.7. The number of carbonyl (C=O) groups excluding carboxylic acids is 1. The minimum atomic E-state index is -2.48. The number of anilines is 1. The van der Waals surface area contributed by atoms with Gasteiger partial charge in [-0.1, -0.05) is 23.2 Å². The quantitative estimate of drug-likeness (QED) is 0.492. The lowest BCUT2D eigenvalue weighted by Gasteiger charge is -2.39. The second-order valence-corrected chi connectivity index (χ2v) is 10.4. The topological polar surface area (TPSA) is 100 Å². The van der Waals surface area contributed by atoms with Crippen LogP contribution < -0.4 is 5.32 Å². The summed E-state index contributed by atoms with van der Waals surface area (Å²) >= 11 is 12.5. The summed E-state index contributed by atoms with van der Waals surface area (Å²) in [5.41, 5.74) is 2.13. The van der Waals surface area contributed by atoms with Crippen LogP contribution in [0.25, 0.3) is 11.0 Å². The molecule has 1 aliphatic heterocycles. The van der Waals surface area contributed by atoms with Crippen molar-refractivity contribution in [2.75, 3.05) is 16.8 Å². The molecule has 0 spiro atoms. The zero-order valence-electron chi connectivity index (χ0n) is 15.6. The van der Waals surface area contributed by atoms with E-state index >= 15 is 0 Å². The zero-order valence-corrected chi connectivity index (χ0v) is 17.9. The van der Waals surface area contributed by atoms with E-state index in [9.17, 15) is 13.9 Å². The highest BCUT2D eigenvalue weighted by Crippen LogP contribution is 2.47. The zero-order chi connectivity index (χ0) is 20.8. The lowest BCUT2D eigenvalue weighted by Crippen LogP contribution is -2.24. The lowest BCUT2D eigenvalue weighted by atomic mass is 10.1. The molecule has 4 rings (SSSR count). The Labute approximate surface area is 179 Å². The summed E-state index contributed by atoms with van der Waals surface area (Å²) in [4.78, 5) is 17.2. The second kappa shape index (κ2) is 7.77. The number of amides is 1. The maximum Gasteiger partial charge on any atom is 0.258 e. The van der Waals surface area contributed by atoms with E-state index in [1.807, 2.05) is 6.92 Å². The van der Waals surface area contributed by atoms with E-state index in [0.717, 1.165) is 0 Å². The first-order valence-electron chi connectivity index (χ1n) is 9.09. The molecule has 7 nitrogen and oxygen atoms in total. The number of hydrogen-bond acceptors (Lipinski definition) is 5. The molecular formula is C19H20Cl2N4O3S. The number of nitrogens with one attached hydrogen (secondary N) is 1. The number of pyridine rings is 1. The van der Waals surface area contributed by atoms with Crippen LogP contribution in [0.4, 0.5) is 5.69 Å². The van der Waals surface area contributed by atoms with Crippen LogP contribution >= 0.6 is 33.8 Å². The van der Waals surface area contributed by atoms with Crippen LogP contribution in [-0.4, -0.2) is 41.3 Å². The van der Waals surface area contributed by atoms with Crippen molar-refractivity contribution in [3.05, 3.63) is 51.8 Å². The monoisotopic (exact) mass is 454 g/mol. The SMILES string of the molecule is Cc1nn(C2CCS(O)(O)CC2)c2ncc(C(=O)Nc3ccc(Cl)cc3)c(Cl)c12. The van der Waals surface area contributed by atoms with Gasteiger partial charge in [0.15, 0.2) is 5.65 Å². The molecule has 3 aromatic rings. The van der Waals surface area contributed by atoms with Crippen LogP contribution in [0, 0.1) is 6.92 Å². The Balaban J connectivity index is 1.65. The summed E-state index contributed by atoms with van der Waals surface area (Å²) in [6, 6.07) is 6.80. The average Bonchev–Trinajstić information content (AvgIpc) is 3.01. The Morgan fingerprint density at radius 2 is 1.86 bits per heavy atom. The number of halogens is 2. The van der Waals surface area contributed by atoms with Gasteiger partial charge < -0.3 is 5.32 Å². The molecule has 0 atom stereocenters. The van der Waals surface area contributed by atoms with Crippen LogP contribution in [0.5, 0.6) is 0 Å². The van der Waals surface area contributed by atoms with Crippen LogP contribution in [-0.2, 0) is 0 Å². The first-order valence-corrected chi connectivity index (χ1v) is 11.7. The highest BCUT2D eigenvalue weighted by molar-refractivity contribution is 8.24. The third-order valence-corrected chi connectivity index (χ3v) is 7.50. The molecule has 1 aromatic carbocycles. The molecule has 1 amide bonds. The fourth-order valence-electron chi connectivity index (χ4n) is 3.52. The number of nitrogens with zero attached hydrogens (tertiary/aromatic N) is 3. The van der Waals surface area contributed by atoms with Gasteiger partial charge in [0.2, 0.25) is 0 Å². The van der Waals surface area contributed by atoms with Gasteiger partial charge in [-0.05, 0) is 44.0 Å². The first kappa shape index (κ1) is 20.4. The smallest absolute Gasteiger partial charge is 0.258 e. The molecular weight excluding hydrogens is 435 g/mol. The van der Waals surface area contributed by atoms with Crippen molar-refractivity contribution in [1.29, 1.82) is 0 Å². The molecule has 0 unspecified atom stereocenters. The van der Waals surface area contributed by atoms with Gasteiger partial charge in [-0.3, -0.25) is 13.9 Å². The van der Waals surface area contributed by atoms with Gasteiger partial charge in [0.1, 0.15) is 0 Å². The molecule has 0 saturated carbocycles. The van der Waals surface area contributed by atoms with Crippen molar-refractivity contribution in [2.45, 2.75) is 25.8 Å². The van der Waals surface area contributed by atoms with Crippen molar-refractivity contribution in [2.24, 2.45) is 0 Å². The van der Waals surface area contributed by atoms with E-state index in [4.69, 9.17) is 23.2 Å². The van der Waals surface area contributed by atoms with Gasteiger partial charge in [0.25, 0.3) is 5.91 Å². The molecule has 2 aromatic heterocycles. The standard InChI is InChI=1S/C19H20Cl2N4O3S/c1-11-16-17(21)15(19(26)23-13-4-2-12(20)3-5-13)10-22-18(16)25(24-11)14-6-8-29(27,28)9-7-14/h2-5,10,14,27-28H,6-9H2,1H3,(H,23,26). The minimum absolute atomic E-state index is 0.0171. The van der Waals surface area contributed by atoms with E-state index in [0.29, 0.717) is 56.8 Å². The van der Waals surface area contributed by atoms with Crippen molar-refractivity contribution < 1.29 is 13.9 Å². The van der Waals surface area contributed by atoms with Crippen molar-refractivity contribution in [3.8, 4) is 0 Å². The van der Waals surface area contributed by atoms with Crippen molar-refractivity contribution in [1.82, 2.24) is 14.8 Å². The summed E-state index contributed by atoms with van der Waals surface area (Å²) in [7, 11) is -2.48. The normalized spacial score (nSPS) is 18.0. The van der Waals surface area contributed by atoms with E-state index in [-0.39, 0.29) is 17.5 Å². The molecule has 1 saturated heterocycles. The van der Waals surface area contributed by atoms with E-state index < -0.39 is 10.6 Å². The molecule has 29 heavy (non-hydrogen) atoms. The van der Waals surface area contributed by atoms with Crippen LogP contribution in [0.1, 0.15) is 34.9 Å². The highest BCUT2D eigenvalue weighted by atomic mass is 35.5. The van der Waals surface area contributed by atoms with Crippen molar-refractivity contribution >= 4 is 56.4 Å². The molecule has 0 radical (unpaired) electrons. The number of benzene rings is 1. The Bertz CT molecular complexity index is 1080. The molecule has 154 valence electrons. The van der Waals surface area contributed by atoms with E-state index in [1.54, 1.807) is 28.9 Å². The Hall–Kier alpha value is -1.84. The van der Waals surface area contributed by atoms with Crippen LogP contribution in [0.2, 0.25) is 10.0 Å². The highest BCUT2D eigenvalue weighted by Gasteiger charge is 2.28. The van der Waals surface area contributed by atoms with Gasteiger partial charge in [-0.2, -0.15) is 15.7 Å². The largest absolute Gasteiger partial charge is 0.322 e. The summed E-state index contributed by atoms with van der Waals surface area (Å²) < 4.78 is 21.5. The van der Waals surface area contributed by atoms with Gasteiger partial charge in [0.05, 0.1) is 27.7 Å². The second-order valence-electron chi connectivity index (χ2n) is 7.12. The summed E-state index contributed by atoms with van der Waals surface area (Å²) in [6.07, 6.45) is 2.66. The fourth-order valence-corrected chi connectivity index (χ4v) is 5.50. The van der Waals surface area contributed by atoms with Gasteiger partial charge in [-0.25, -0.2) is 9.67 Å².